The number of nitrogens with zero attached hydrogens (tertiary/aromatic N) is 3. The van der Waals surface area contributed by atoms with Crippen LogP contribution in [-0.2, 0) is 13.0 Å². The fourth-order valence-corrected chi connectivity index (χ4v) is 3.31. The van der Waals surface area contributed by atoms with Gasteiger partial charge in [0.2, 0.25) is 0 Å². The van der Waals surface area contributed by atoms with Crippen LogP contribution in [0.5, 0.6) is 0 Å². The molecule has 1 saturated heterocycles. The molecule has 2 heterocycles. The first-order valence-electron chi connectivity index (χ1n) is 7.50. The van der Waals surface area contributed by atoms with Gasteiger partial charge in [0.1, 0.15) is 5.82 Å². The quantitative estimate of drug-likeness (QED) is 0.937. The van der Waals surface area contributed by atoms with Crippen molar-refractivity contribution in [2.24, 2.45) is 5.92 Å². The predicted octanol–water partition coefficient (Wildman–Crippen LogP) is 2.25. The summed E-state index contributed by atoms with van der Waals surface area (Å²) < 4.78 is 2.13. The Bertz CT molecular complexity index is 677. The molecule has 0 aliphatic carbocycles. The first-order valence-corrected chi connectivity index (χ1v) is 7.50. The molecule has 3 rings (SSSR count). The number of benzene rings is 1. The van der Waals surface area contributed by atoms with Crippen molar-refractivity contribution in [2.45, 2.75) is 26.3 Å². The number of aryl methyl sites for hydroxylation is 1. The maximum absolute atomic E-state index is 11.5. The number of aromatic carboxylic acids is 1. The monoisotopic (exact) mass is 287 g/mol. The summed E-state index contributed by atoms with van der Waals surface area (Å²) in [4.78, 5) is 18.5. The van der Waals surface area contributed by atoms with Crippen molar-refractivity contribution in [3.05, 3.63) is 29.6 Å². The highest BCUT2D eigenvalue weighted by atomic mass is 16.4. The minimum Gasteiger partial charge on any atom is -0.478 e. The smallest absolute Gasteiger partial charge is 0.337 e. The number of para-hydroxylation sites is 1. The van der Waals surface area contributed by atoms with E-state index in [0.29, 0.717) is 11.5 Å². The summed E-state index contributed by atoms with van der Waals surface area (Å²) >= 11 is 0. The molecule has 2 aromatic rings. The van der Waals surface area contributed by atoms with E-state index < -0.39 is 5.97 Å². The van der Waals surface area contributed by atoms with Gasteiger partial charge in [0.25, 0.3) is 0 Å². The third-order valence-electron chi connectivity index (χ3n) is 4.32. The molecule has 1 aliphatic heterocycles. The Labute approximate surface area is 124 Å². The first kappa shape index (κ1) is 14.1. The molecule has 1 unspecified atom stereocenters. The van der Waals surface area contributed by atoms with E-state index in [1.807, 2.05) is 6.07 Å². The predicted molar refractivity (Wildman–Crippen MR) is 81.7 cm³/mol. The lowest BCUT2D eigenvalue weighted by Crippen LogP contribution is -2.18. The number of carbonyl (C=O) groups is 1. The van der Waals surface area contributed by atoms with Crippen LogP contribution in [0.4, 0.5) is 0 Å². The second-order valence-corrected chi connectivity index (χ2v) is 5.89. The fraction of sp³-hybridized carbons (Fsp3) is 0.500. The second kappa shape index (κ2) is 5.48. The number of fused-ring (bicyclic) bond motifs is 1. The van der Waals surface area contributed by atoms with Gasteiger partial charge in [-0.2, -0.15) is 0 Å². The highest BCUT2D eigenvalue weighted by Crippen LogP contribution is 2.25. The van der Waals surface area contributed by atoms with Gasteiger partial charge >= 0.3 is 5.97 Å². The molecule has 21 heavy (non-hydrogen) atoms. The van der Waals surface area contributed by atoms with Gasteiger partial charge in [0.15, 0.2) is 0 Å². The normalized spacial score (nSPS) is 19.4. The van der Waals surface area contributed by atoms with Crippen molar-refractivity contribution in [3.63, 3.8) is 0 Å². The van der Waals surface area contributed by atoms with Crippen LogP contribution in [0.15, 0.2) is 18.2 Å². The molecule has 0 spiro atoms. The fourth-order valence-electron chi connectivity index (χ4n) is 3.31. The summed E-state index contributed by atoms with van der Waals surface area (Å²) in [5.41, 5.74) is 1.92. The zero-order chi connectivity index (χ0) is 15.0. The molecule has 1 atom stereocenters. The van der Waals surface area contributed by atoms with Crippen LogP contribution in [0, 0.1) is 5.92 Å². The number of likely N-dealkylation sites (tertiary alicyclic amines) is 1. The summed E-state index contributed by atoms with van der Waals surface area (Å²) in [6.45, 7) is 5.11. The lowest BCUT2D eigenvalue weighted by Gasteiger charge is -2.15. The van der Waals surface area contributed by atoms with E-state index in [4.69, 9.17) is 0 Å². The molecule has 5 nitrogen and oxygen atoms in total. The standard InChI is InChI=1S/C16H21N3O2/c1-3-14-17-13-6-4-5-12(16(20)21)15(13)19(14)10-11-7-8-18(2)9-11/h4-6,11H,3,7-10H2,1-2H3,(H,20,21). The van der Waals surface area contributed by atoms with Gasteiger partial charge in [0.05, 0.1) is 16.6 Å². The number of rotatable bonds is 4. The lowest BCUT2D eigenvalue weighted by molar-refractivity contribution is 0.0698. The molecular weight excluding hydrogens is 266 g/mol. The van der Waals surface area contributed by atoms with E-state index in [1.54, 1.807) is 12.1 Å². The number of aromatic nitrogens is 2. The molecular formula is C16H21N3O2. The Morgan fingerprint density at radius 2 is 2.29 bits per heavy atom. The Morgan fingerprint density at radius 1 is 1.48 bits per heavy atom. The highest BCUT2D eigenvalue weighted by Gasteiger charge is 2.23. The number of carboxylic acid groups (broad SMARTS) is 1. The van der Waals surface area contributed by atoms with Gasteiger partial charge < -0.3 is 14.6 Å². The number of carboxylic acids is 1. The van der Waals surface area contributed by atoms with Gasteiger partial charge in [-0.3, -0.25) is 0 Å². The van der Waals surface area contributed by atoms with E-state index in [0.717, 1.165) is 49.3 Å². The van der Waals surface area contributed by atoms with Crippen LogP contribution in [-0.4, -0.2) is 45.7 Å². The third-order valence-corrected chi connectivity index (χ3v) is 4.32. The van der Waals surface area contributed by atoms with Gasteiger partial charge in [-0.05, 0) is 38.1 Å². The summed E-state index contributed by atoms with van der Waals surface area (Å²) in [6.07, 6.45) is 1.98. The van der Waals surface area contributed by atoms with Crippen molar-refractivity contribution in [1.82, 2.24) is 14.5 Å². The van der Waals surface area contributed by atoms with E-state index in [1.165, 1.54) is 0 Å². The zero-order valence-corrected chi connectivity index (χ0v) is 12.5. The Balaban J connectivity index is 2.08. The van der Waals surface area contributed by atoms with Crippen LogP contribution in [0.2, 0.25) is 0 Å². The van der Waals surface area contributed by atoms with E-state index in [2.05, 4.69) is 28.4 Å². The Morgan fingerprint density at radius 3 is 2.90 bits per heavy atom. The van der Waals surface area contributed by atoms with Crippen LogP contribution in [0.25, 0.3) is 11.0 Å². The van der Waals surface area contributed by atoms with E-state index in [-0.39, 0.29) is 0 Å². The number of hydrogen-bond acceptors (Lipinski definition) is 3. The van der Waals surface area contributed by atoms with Gasteiger partial charge in [-0.25, -0.2) is 9.78 Å². The molecule has 5 heteroatoms. The van der Waals surface area contributed by atoms with Crippen molar-refractivity contribution >= 4 is 17.0 Å². The minimum atomic E-state index is -0.882. The molecule has 0 bridgehead atoms. The molecule has 1 aromatic carbocycles. The van der Waals surface area contributed by atoms with Crippen LogP contribution in [0.3, 0.4) is 0 Å². The van der Waals surface area contributed by atoms with Crippen molar-refractivity contribution in [2.75, 3.05) is 20.1 Å². The van der Waals surface area contributed by atoms with E-state index >= 15 is 0 Å². The highest BCUT2D eigenvalue weighted by molar-refractivity contribution is 6.01. The second-order valence-electron chi connectivity index (χ2n) is 5.89. The van der Waals surface area contributed by atoms with Gasteiger partial charge in [0, 0.05) is 19.5 Å². The molecule has 1 N–H and O–H groups in total. The SMILES string of the molecule is CCc1nc2cccc(C(=O)O)c2n1CC1CCN(C)C1. The van der Waals surface area contributed by atoms with Crippen LogP contribution >= 0.6 is 0 Å². The molecule has 0 amide bonds. The zero-order valence-electron chi connectivity index (χ0n) is 12.5. The summed E-state index contributed by atoms with van der Waals surface area (Å²) in [5, 5.41) is 9.44. The molecule has 1 fully saturated rings. The third kappa shape index (κ3) is 2.53. The van der Waals surface area contributed by atoms with Crippen molar-refractivity contribution in [3.8, 4) is 0 Å². The topological polar surface area (TPSA) is 58.4 Å². The maximum atomic E-state index is 11.5. The summed E-state index contributed by atoms with van der Waals surface area (Å²) in [7, 11) is 2.13. The molecule has 0 radical (unpaired) electrons. The Kier molecular flexibility index (Phi) is 3.68. The van der Waals surface area contributed by atoms with E-state index in [9.17, 15) is 9.90 Å². The summed E-state index contributed by atoms with van der Waals surface area (Å²) in [5.74, 6) is 0.667. The molecule has 0 saturated carbocycles. The first-order chi connectivity index (χ1) is 10.1. The molecule has 1 aliphatic rings. The van der Waals surface area contributed by atoms with Crippen LogP contribution in [0.1, 0.15) is 29.5 Å². The van der Waals surface area contributed by atoms with Crippen molar-refractivity contribution in [1.29, 1.82) is 0 Å². The summed E-state index contributed by atoms with van der Waals surface area (Å²) in [6, 6.07) is 5.34. The van der Waals surface area contributed by atoms with Gasteiger partial charge in [-0.15, -0.1) is 0 Å². The average molecular weight is 287 g/mol. The molecule has 112 valence electrons. The maximum Gasteiger partial charge on any atom is 0.337 e. The number of imidazole rings is 1. The van der Waals surface area contributed by atoms with Crippen LogP contribution < -0.4 is 0 Å². The van der Waals surface area contributed by atoms with Gasteiger partial charge in [-0.1, -0.05) is 13.0 Å². The lowest BCUT2D eigenvalue weighted by atomic mass is 10.1. The Hall–Kier alpha value is -1.88. The largest absolute Gasteiger partial charge is 0.478 e. The molecule has 1 aromatic heterocycles. The average Bonchev–Trinajstić information content (AvgIpc) is 3.03. The number of hydrogen-bond donors (Lipinski definition) is 1. The van der Waals surface area contributed by atoms with Crippen molar-refractivity contribution < 1.29 is 9.90 Å². The minimum absolute atomic E-state index is 0.353.